The molecule has 142 valence electrons. The summed E-state index contributed by atoms with van der Waals surface area (Å²) < 4.78 is 18.6. The topological polar surface area (TPSA) is 46.6 Å². The molecule has 0 saturated carbocycles. The van der Waals surface area contributed by atoms with E-state index in [-0.39, 0.29) is 24.3 Å². The van der Waals surface area contributed by atoms with Gasteiger partial charge in [-0.1, -0.05) is 30.3 Å². The van der Waals surface area contributed by atoms with Crippen LogP contribution in [0.25, 0.3) is 0 Å². The number of amides is 1. The zero-order chi connectivity index (χ0) is 19.3. The van der Waals surface area contributed by atoms with Crippen molar-refractivity contribution in [3.8, 4) is 0 Å². The van der Waals surface area contributed by atoms with E-state index < -0.39 is 5.41 Å². The molecular formula is C22H24FNO3. The molecule has 1 aliphatic rings. The van der Waals surface area contributed by atoms with Gasteiger partial charge in [-0.3, -0.25) is 9.59 Å². The minimum absolute atomic E-state index is 0.0805. The fourth-order valence-corrected chi connectivity index (χ4v) is 3.73. The van der Waals surface area contributed by atoms with Crippen LogP contribution in [0.4, 0.5) is 4.39 Å². The van der Waals surface area contributed by atoms with Crippen molar-refractivity contribution in [1.29, 1.82) is 0 Å². The van der Waals surface area contributed by atoms with Crippen LogP contribution in [0, 0.1) is 11.2 Å². The summed E-state index contributed by atoms with van der Waals surface area (Å²) in [5, 5.41) is 0. The maximum Gasteiger partial charge on any atom is 0.314 e. The number of ether oxygens (including phenoxy) is 1. The van der Waals surface area contributed by atoms with Gasteiger partial charge in [-0.25, -0.2) is 4.39 Å². The summed E-state index contributed by atoms with van der Waals surface area (Å²) in [7, 11) is 0. The lowest BCUT2D eigenvalue weighted by Gasteiger charge is -2.41. The van der Waals surface area contributed by atoms with Crippen LogP contribution in [0.1, 0.15) is 35.7 Å². The van der Waals surface area contributed by atoms with E-state index in [2.05, 4.69) is 0 Å². The Bertz CT molecular complexity index is 791. The van der Waals surface area contributed by atoms with E-state index in [1.165, 1.54) is 12.1 Å². The van der Waals surface area contributed by atoms with Crippen LogP contribution in [0.5, 0.6) is 0 Å². The SMILES string of the molecule is CCOC(=O)[C@]1(Cc2ccc(F)cc2)CCCN(C(=O)c2ccccc2)C1. The number of esters is 1. The summed E-state index contributed by atoms with van der Waals surface area (Å²) in [6.45, 7) is 2.98. The first kappa shape index (κ1) is 19.1. The van der Waals surface area contributed by atoms with Crippen molar-refractivity contribution in [1.82, 2.24) is 4.90 Å². The molecule has 1 atom stereocenters. The van der Waals surface area contributed by atoms with E-state index in [4.69, 9.17) is 4.74 Å². The van der Waals surface area contributed by atoms with E-state index in [9.17, 15) is 14.0 Å². The Hall–Kier alpha value is -2.69. The highest BCUT2D eigenvalue weighted by atomic mass is 19.1. The van der Waals surface area contributed by atoms with Crippen LogP contribution in [0.3, 0.4) is 0 Å². The summed E-state index contributed by atoms with van der Waals surface area (Å²) in [6.07, 6.45) is 1.78. The van der Waals surface area contributed by atoms with Crippen molar-refractivity contribution in [2.24, 2.45) is 5.41 Å². The second kappa shape index (κ2) is 8.33. The predicted octanol–water partition coefficient (Wildman–Crippen LogP) is 3.85. The lowest BCUT2D eigenvalue weighted by Crippen LogP contribution is -2.51. The van der Waals surface area contributed by atoms with Gasteiger partial charge in [0.2, 0.25) is 0 Å². The predicted molar refractivity (Wildman–Crippen MR) is 101 cm³/mol. The largest absolute Gasteiger partial charge is 0.466 e. The number of benzene rings is 2. The van der Waals surface area contributed by atoms with Crippen LogP contribution in [-0.2, 0) is 16.0 Å². The van der Waals surface area contributed by atoms with E-state index in [0.717, 1.165) is 12.0 Å². The van der Waals surface area contributed by atoms with Gasteiger partial charge in [0.15, 0.2) is 0 Å². The second-order valence-electron chi connectivity index (χ2n) is 7.00. The highest BCUT2D eigenvalue weighted by Crippen LogP contribution is 2.36. The van der Waals surface area contributed by atoms with E-state index in [0.29, 0.717) is 31.5 Å². The number of rotatable bonds is 5. The summed E-state index contributed by atoms with van der Waals surface area (Å²) >= 11 is 0. The van der Waals surface area contributed by atoms with Crippen molar-refractivity contribution < 1.29 is 18.7 Å². The molecule has 0 radical (unpaired) electrons. The number of piperidine rings is 1. The summed E-state index contributed by atoms with van der Waals surface area (Å²) in [5.41, 5.74) is 0.661. The van der Waals surface area contributed by atoms with Gasteiger partial charge in [-0.2, -0.15) is 0 Å². The van der Waals surface area contributed by atoms with Crippen LogP contribution in [-0.4, -0.2) is 36.5 Å². The van der Waals surface area contributed by atoms with Gasteiger partial charge in [0.25, 0.3) is 5.91 Å². The Balaban J connectivity index is 1.86. The smallest absolute Gasteiger partial charge is 0.314 e. The van der Waals surface area contributed by atoms with Gasteiger partial charge in [-0.15, -0.1) is 0 Å². The molecule has 0 aliphatic carbocycles. The molecule has 0 bridgehead atoms. The molecule has 1 saturated heterocycles. The van der Waals surface area contributed by atoms with Crippen molar-refractivity contribution in [2.75, 3.05) is 19.7 Å². The number of halogens is 1. The third-order valence-corrected chi connectivity index (χ3v) is 5.05. The number of likely N-dealkylation sites (tertiary alicyclic amines) is 1. The van der Waals surface area contributed by atoms with Crippen LogP contribution in [0.2, 0.25) is 0 Å². The first-order chi connectivity index (χ1) is 13.0. The molecule has 0 unspecified atom stereocenters. The molecule has 4 nitrogen and oxygen atoms in total. The molecule has 0 N–H and O–H groups in total. The lowest BCUT2D eigenvalue weighted by atomic mass is 9.75. The van der Waals surface area contributed by atoms with Crippen LogP contribution < -0.4 is 0 Å². The second-order valence-corrected chi connectivity index (χ2v) is 7.00. The molecule has 27 heavy (non-hydrogen) atoms. The number of carbonyl (C=O) groups is 2. The quantitative estimate of drug-likeness (QED) is 0.752. The molecule has 3 rings (SSSR count). The molecule has 5 heteroatoms. The molecule has 1 amide bonds. The fourth-order valence-electron chi connectivity index (χ4n) is 3.73. The van der Waals surface area contributed by atoms with Gasteiger partial charge < -0.3 is 9.64 Å². The number of nitrogens with zero attached hydrogens (tertiary/aromatic N) is 1. The van der Waals surface area contributed by atoms with E-state index >= 15 is 0 Å². The fraction of sp³-hybridized carbons (Fsp3) is 0.364. The molecular weight excluding hydrogens is 345 g/mol. The van der Waals surface area contributed by atoms with Gasteiger partial charge in [0.1, 0.15) is 5.82 Å². The van der Waals surface area contributed by atoms with Gasteiger partial charge in [-0.05, 0) is 56.0 Å². The molecule has 1 aliphatic heterocycles. The van der Waals surface area contributed by atoms with E-state index in [1.807, 2.05) is 18.2 Å². The van der Waals surface area contributed by atoms with Gasteiger partial charge in [0.05, 0.1) is 12.0 Å². The molecule has 0 spiro atoms. The van der Waals surface area contributed by atoms with Crippen molar-refractivity contribution in [2.45, 2.75) is 26.2 Å². The van der Waals surface area contributed by atoms with Gasteiger partial charge >= 0.3 is 5.97 Å². The third kappa shape index (κ3) is 4.35. The number of hydrogen-bond donors (Lipinski definition) is 0. The molecule has 2 aromatic rings. The Labute approximate surface area is 158 Å². The van der Waals surface area contributed by atoms with Crippen molar-refractivity contribution in [3.63, 3.8) is 0 Å². The zero-order valence-corrected chi connectivity index (χ0v) is 15.5. The Kier molecular flexibility index (Phi) is 5.89. The first-order valence-electron chi connectivity index (χ1n) is 9.30. The Morgan fingerprint density at radius 1 is 1.11 bits per heavy atom. The highest BCUT2D eigenvalue weighted by Gasteiger charge is 2.44. The average molecular weight is 369 g/mol. The average Bonchev–Trinajstić information content (AvgIpc) is 2.70. The standard InChI is InChI=1S/C22H24FNO3/c1-2-27-21(26)22(15-17-9-11-19(23)12-10-17)13-6-14-24(16-22)20(25)18-7-4-3-5-8-18/h3-5,7-12H,2,6,13-16H2,1H3/t22-/m0/s1. The lowest BCUT2D eigenvalue weighted by molar-refractivity contribution is -0.158. The summed E-state index contributed by atoms with van der Waals surface area (Å²) in [5.74, 6) is -0.684. The minimum atomic E-state index is -0.809. The number of carbonyl (C=O) groups excluding carboxylic acids is 2. The number of hydrogen-bond acceptors (Lipinski definition) is 3. The minimum Gasteiger partial charge on any atom is -0.466 e. The molecule has 1 fully saturated rings. The first-order valence-corrected chi connectivity index (χ1v) is 9.30. The molecule has 1 heterocycles. The summed E-state index contributed by atoms with van der Waals surface area (Å²) in [6, 6.07) is 15.2. The normalized spacial score (nSPS) is 19.6. The van der Waals surface area contributed by atoms with E-state index in [1.54, 1.807) is 36.1 Å². The highest BCUT2D eigenvalue weighted by molar-refractivity contribution is 5.94. The maximum atomic E-state index is 13.3. The van der Waals surface area contributed by atoms with Gasteiger partial charge in [0, 0.05) is 18.7 Å². The third-order valence-electron chi connectivity index (χ3n) is 5.05. The maximum absolute atomic E-state index is 13.3. The Morgan fingerprint density at radius 3 is 2.48 bits per heavy atom. The molecule has 2 aromatic carbocycles. The van der Waals surface area contributed by atoms with Crippen molar-refractivity contribution in [3.05, 3.63) is 71.5 Å². The van der Waals surface area contributed by atoms with Crippen LogP contribution in [0.15, 0.2) is 54.6 Å². The van der Waals surface area contributed by atoms with Crippen molar-refractivity contribution >= 4 is 11.9 Å². The Morgan fingerprint density at radius 2 is 1.81 bits per heavy atom. The monoisotopic (exact) mass is 369 g/mol. The summed E-state index contributed by atoms with van der Waals surface area (Å²) in [4.78, 5) is 27.5. The molecule has 0 aromatic heterocycles. The van der Waals surface area contributed by atoms with Crippen LogP contribution >= 0.6 is 0 Å². The zero-order valence-electron chi connectivity index (χ0n) is 15.5.